The Kier molecular flexibility index (Phi) is 6.98. The number of nitrogens with one attached hydrogen (secondary N) is 3. The smallest absolute Gasteiger partial charge is 0.248 e. The molecule has 0 saturated carbocycles. The summed E-state index contributed by atoms with van der Waals surface area (Å²) in [4.78, 5) is 21.3. The maximum Gasteiger partial charge on any atom is 0.248 e. The number of carbonyl (C=O) groups is 1. The molecule has 34 heavy (non-hydrogen) atoms. The highest BCUT2D eigenvalue weighted by molar-refractivity contribution is 6.02. The Morgan fingerprint density at radius 2 is 1.41 bits per heavy atom. The van der Waals surface area contributed by atoms with Gasteiger partial charge in [0.2, 0.25) is 11.9 Å². The molecule has 4 rings (SSSR count). The number of anilines is 5. The van der Waals surface area contributed by atoms with Crippen LogP contribution in [0.3, 0.4) is 0 Å². The lowest BCUT2D eigenvalue weighted by Crippen LogP contribution is -2.07. The number of rotatable bonds is 7. The molecule has 6 nitrogen and oxygen atoms in total. The number of benzene rings is 3. The summed E-state index contributed by atoms with van der Waals surface area (Å²) in [6.45, 7) is 5.99. The molecule has 0 fully saturated rings. The first-order valence-electron chi connectivity index (χ1n) is 11.1. The summed E-state index contributed by atoms with van der Waals surface area (Å²) in [5.41, 5.74) is 6.68. The lowest BCUT2D eigenvalue weighted by atomic mass is 10.1. The molecule has 0 aliphatic rings. The third-order valence-corrected chi connectivity index (χ3v) is 5.19. The number of carbonyl (C=O) groups excluding carboxylic acids is 1. The van der Waals surface area contributed by atoms with Gasteiger partial charge in [0.15, 0.2) is 0 Å². The van der Waals surface area contributed by atoms with Gasteiger partial charge in [-0.25, -0.2) is 4.98 Å². The van der Waals surface area contributed by atoms with E-state index in [2.05, 4.69) is 25.9 Å². The molecule has 4 aromatic rings. The average molecular weight is 450 g/mol. The van der Waals surface area contributed by atoms with Crippen LogP contribution >= 0.6 is 0 Å². The van der Waals surface area contributed by atoms with E-state index < -0.39 is 0 Å². The fraction of sp³-hybridized carbons (Fsp3) is 0.107. The van der Waals surface area contributed by atoms with Crippen LogP contribution in [0.15, 0.2) is 84.9 Å². The summed E-state index contributed by atoms with van der Waals surface area (Å²) in [6.07, 6.45) is 3.36. The highest BCUT2D eigenvalue weighted by atomic mass is 16.1. The zero-order valence-corrected chi connectivity index (χ0v) is 19.5. The van der Waals surface area contributed by atoms with Gasteiger partial charge in [-0.15, -0.1) is 0 Å². The number of nitrogens with zero attached hydrogens (tertiary/aromatic N) is 2. The molecule has 1 heterocycles. The van der Waals surface area contributed by atoms with Crippen LogP contribution in [0.4, 0.5) is 28.8 Å². The van der Waals surface area contributed by atoms with Crippen molar-refractivity contribution >= 4 is 40.8 Å². The minimum absolute atomic E-state index is 0.179. The minimum atomic E-state index is -0.179. The molecule has 1 aromatic heterocycles. The van der Waals surface area contributed by atoms with Crippen LogP contribution in [-0.2, 0) is 4.79 Å². The monoisotopic (exact) mass is 449 g/mol. The maximum absolute atomic E-state index is 12.3. The van der Waals surface area contributed by atoms with Crippen LogP contribution < -0.4 is 16.0 Å². The number of aromatic nitrogens is 2. The molecule has 3 aromatic carbocycles. The van der Waals surface area contributed by atoms with Gasteiger partial charge >= 0.3 is 0 Å². The average Bonchev–Trinajstić information content (AvgIpc) is 2.81. The zero-order chi connectivity index (χ0) is 23.9. The summed E-state index contributed by atoms with van der Waals surface area (Å²) in [6, 6.07) is 25.4. The molecule has 0 aliphatic heterocycles. The van der Waals surface area contributed by atoms with E-state index >= 15 is 0 Å². The van der Waals surface area contributed by atoms with Gasteiger partial charge in [0.05, 0.1) is 0 Å². The Hall–Kier alpha value is -4.45. The van der Waals surface area contributed by atoms with E-state index in [0.29, 0.717) is 17.5 Å². The predicted molar refractivity (Wildman–Crippen MR) is 140 cm³/mol. The van der Waals surface area contributed by atoms with Crippen molar-refractivity contribution in [1.82, 2.24) is 9.97 Å². The van der Waals surface area contributed by atoms with Crippen molar-refractivity contribution in [3.8, 4) is 0 Å². The standard InChI is InChI=1S/C28H27N5O/c1-19-8-11-25(12-9-19)32-28-29-21(3)18-26(33-28)30-23-13-15-24(16-14-23)31-27(34)17-10-22-7-5-4-6-20(22)2/h4-18H,1-3H3,(H,31,34)(H2,29,30,32,33)/b17-10+. The largest absolute Gasteiger partial charge is 0.340 e. The molecule has 170 valence electrons. The molecule has 0 atom stereocenters. The summed E-state index contributed by atoms with van der Waals surface area (Å²) in [5, 5.41) is 9.42. The quantitative estimate of drug-likeness (QED) is 0.279. The maximum atomic E-state index is 12.3. The van der Waals surface area contributed by atoms with Gasteiger partial charge in [0.1, 0.15) is 5.82 Å². The third-order valence-electron chi connectivity index (χ3n) is 5.19. The van der Waals surface area contributed by atoms with Crippen molar-refractivity contribution in [3.05, 3.63) is 107 Å². The molecule has 0 aliphatic carbocycles. The highest BCUT2D eigenvalue weighted by Crippen LogP contribution is 2.21. The second kappa shape index (κ2) is 10.4. The minimum Gasteiger partial charge on any atom is -0.340 e. The molecule has 0 saturated heterocycles. The van der Waals surface area contributed by atoms with Crippen molar-refractivity contribution < 1.29 is 4.79 Å². The molecular formula is C28H27N5O. The van der Waals surface area contributed by atoms with Gasteiger partial charge in [-0.05, 0) is 74.4 Å². The second-order valence-corrected chi connectivity index (χ2v) is 8.09. The third kappa shape index (κ3) is 6.29. The number of aryl methyl sites for hydroxylation is 3. The SMILES string of the molecule is Cc1ccc(Nc2nc(C)cc(Nc3ccc(NC(=O)/C=C/c4ccccc4C)cc3)n2)cc1. The number of hydrogen-bond donors (Lipinski definition) is 3. The molecule has 0 spiro atoms. The van der Waals surface area contributed by atoms with Crippen molar-refractivity contribution in [2.75, 3.05) is 16.0 Å². The Bertz CT molecular complexity index is 1310. The normalized spacial score (nSPS) is 10.8. The van der Waals surface area contributed by atoms with E-state index in [1.807, 2.05) is 106 Å². The van der Waals surface area contributed by atoms with E-state index in [-0.39, 0.29) is 5.91 Å². The van der Waals surface area contributed by atoms with Gasteiger partial charge in [-0.2, -0.15) is 4.98 Å². The number of hydrogen-bond acceptors (Lipinski definition) is 5. The molecule has 3 N–H and O–H groups in total. The molecule has 0 unspecified atom stereocenters. The van der Waals surface area contributed by atoms with E-state index in [0.717, 1.165) is 28.2 Å². The van der Waals surface area contributed by atoms with Crippen LogP contribution in [0.5, 0.6) is 0 Å². The summed E-state index contributed by atoms with van der Waals surface area (Å²) >= 11 is 0. The molecular weight excluding hydrogens is 422 g/mol. The Morgan fingerprint density at radius 3 is 2.15 bits per heavy atom. The van der Waals surface area contributed by atoms with E-state index in [4.69, 9.17) is 0 Å². The van der Waals surface area contributed by atoms with Gasteiger partial charge in [-0.1, -0.05) is 42.0 Å². The van der Waals surface area contributed by atoms with Gasteiger partial charge < -0.3 is 16.0 Å². The van der Waals surface area contributed by atoms with Crippen molar-refractivity contribution in [3.63, 3.8) is 0 Å². The molecule has 6 heteroatoms. The fourth-order valence-corrected chi connectivity index (χ4v) is 3.36. The summed E-state index contributed by atoms with van der Waals surface area (Å²) in [5.74, 6) is 1.03. The fourth-order valence-electron chi connectivity index (χ4n) is 3.36. The second-order valence-electron chi connectivity index (χ2n) is 8.09. The highest BCUT2D eigenvalue weighted by Gasteiger charge is 2.05. The number of amides is 1. The van der Waals surface area contributed by atoms with Crippen LogP contribution in [0.1, 0.15) is 22.4 Å². The lowest BCUT2D eigenvalue weighted by molar-refractivity contribution is -0.111. The van der Waals surface area contributed by atoms with Crippen molar-refractivity contribution in [1.29, 1.82) is 0 Å². The van der Waals surface area contributed by atoms with Crippen LogP contribution in [0, 0.1) is 20.8 Å². The molecule has 0 radical (unpaired) electrons. The Balaban J connectivity index is 1.38. The van der Waals surface area contributed by atoms with Crippen LogP contribution in [0.25, 0.3) is 6.08 Å². The van der Waals surface area contributed by atoms with E-state index in [1.54, 1.807) is 6.08 Å². The lowest BCUT2D eigenvalue weighted by Gasteiger charge is -2.11. The van der Waals surface area contributed by atoms with Gasteiger partial charge in [-0.3, -0.25) is 4.79 Å². The first kappa shape index (κ1) is 22.7. The predicted octanol–water partition coefficient (Wildman–Crippen LogP) is 6.54. The van der Waals surface area contributed by atoms with Crippen molar-refractivity contribution in [2.24, 2.45) is 0 Å². The van der Waals surface area contributed by atoms with Crippen LogP contribution in [-0.4, -0.2) is 15.9 Å². The first-order chi connectivity index (χ1) is 16.4. The summed E-state index contributed by atoms with van der Waals surface area (Å²) in [7, 11) is 0. The van der Waals surface area contributed by atoms with Gasteiger partial charge in [0, 0.05) is 34.9 Å². The van der Waals surface area contributed by atoms with E-state index in [1.165, 1.54) is 5.56 Å². The first-order valence-corrected chi connectivity index (χ1v) is 11.1. The van der Waals surface area contributed by atoms with Crippen LogP contribution in [0.2, 0.25) is 0 Å². The van der Waals surface area contributed by atoms with Gasteiger partial charge in [0.25, 0.3) is 0 Å². The summed E-state index contributed by atoms with van der Waals surface area (Å²) < 4.78 is 0. The van der Waals surface area contributed by atoms with Crippen molar-refractivity contribution in [2.45, 2.75) is 20.8 Å². The molecule has 1 amide bonds. The molecule has 0 bridgehead atoms. The topological polar surface area (TPSA) is 78.9 Å². The van der Waals surface area contributed by atoms with E-state index in [9.17, 15) is 4.79 Å². The zero-order valence-electron chi connectivity index (χ0n) is 19.5. The Morgan fingerprint density at radius 1 is 0.765 bits per heavy atom. The Labute approximate surface area is 199 Å².